The summed E-state index contributed by atoms with van der Waals surface area (Å²) >= 11 is 5.73. The number of nitrogens with one attached hydrogen (secondary N) is 2. The predicted molar refractivity (Wildman–Crippen MR) is 61.8 cm³/mol. The van der Waals surface area contributed by atoms with E-state index in [1.54, 1.807) is 0 Å². The van der Waals surface area contributed by atoms with Crippen LogP contribution in [-0.2, 0) is 0 Å². The number of hydrogen-bond donors (Lipinski definition) is 2. The van der Waals surface area contributed by atoms with Crippen LogP contribution in [0.1, 0.15) is 6.42 Å². The van der Waals surface area contributed by atoms with Crippen LogP contribution in [0.4, 0.5) is 9.18 Å². The molecule has 1 fully saturated rings. The van der Waals surface area contributed by atoms with Gasteiger partial charge in [0.15, 0.2) is 5.75 Å². The van der Waals surface area contributed by atoms with Crippen molar-refractivity contribution < 1.29 is 13.9 Å². The van der Waals surface area contributed by atoms with Gasteiger partial charge in [-0.25, -0.2) is 9.18 Å². The van der Waals surface area contributed by atoms with E-state index >= 15 is 0 Å². The van der Waals surface area contributed by atoms with Crippen molar-refractivity contribution in [3.63, 3.8) is 0 Å². The smallest absolute Gasteiger partial charge is 0.409 e. The lowest BCUT2D eigenvalue weighted by atomic mass is 10.3. The van der Waals surface area contributed by atoms with Crippen molar-refractivity contribution >= 4 is 17.7 Å². The molecule has 1 aliphatic heterocycles. The summed E-state index contributed by atoms with van der Waals surface area (Å²) in [7, 11) is 0. The lowest BCUT2D eigenvalue weighted by Gasteiger charge is -2.12. The Morgan fingerprint density at radius 3 is 3.06 bits per heavy atom. The molecule has 1 aromatic rings. The molecule has 1 saturated heterocycles. The second kappa shape index (κ2) is 5.33. The van der Waals surface area contributed by atoms with E-state index < -0.39 is 11.9 Å². The van der Waals surface area contributed by atoms with Crippen molar-refractivity contribution in [2.24, 2.45) is 0 Å². The Bertz CT molecular complexity index is 422. The van der Waals surface area contributed by atoms with Crippen molar-refractivity contribution in [2.45, 2.75) is 12.5 Å². The van der Waals surface area contributed by atoms with Crippen LogP contribution in [0.2, 0.25) is 5.02 Å². The molecule has 1 amide bonds. The van der Waals surface area contributed by atoms with Crippen LogP contribution in [0.3, 0.4) is 0 Å². The summed E-state index contributed by atoms with van der Waals surface area (Å²) < 4.78 is 17.7. The monoisotopic (exact) mass is 258 g/mol. The van der Waals surface area contributed by atoms with Gasteiger partial charge in [0, 0.05) is 12.6 Å². The first-order valence-electron chi connectivity index (χ1n) is 5.29. The summed E-state index contributed by atoms with van der Waals surface area (Å²) in [6, 6.07) is 3.68. The van der Waals surface area contributed by atoms with E-state index in [1.165, 1.54) is 12.1 Å². The van der Waals surface area contributed by atoms with Gasteiger partial charge in [-0.2, -0.15) is 0 Å². The van der Waals surface area contributed by atoms with E-state index in [0.29, 0.717) is 0 Å². The Hall–Kier alpha value is -1.33. The molecule has 0 radical (unpaired) electrons. The maximum absolute atomic E-state index is 12.8. The minimum atomic E-state index is -0.577. The summed E-state index contributed by atoms with van der Waals surface area (Å²) in [6.07, 6.45) is 0.291. The lowest BCUT2D eigenvalue weighted by Crippen LogP contribution is -2.38. The first-order valence-corrected chi connectivity index (χ1v) is 5.67. The zero-order valence-corrected chi connectivity index (χ0v) is 9.76. The first kappa shape index (κ1) is 12.1. The Labute approximate surface area is 103 Å². The van der Waals surface area contributed by atoms with Crippen LogP contribution in [0, 0.1) is 5.82 Å². The molecule has 0 saturated carbocycles. The van der Waals surface area contributed by atoms with Crippen molar-refractivity contribution in [1.82, 2.24) is 10.6 Å². The quantitative estimate of drug-likeness (QED) is 0.852. The highest BCUT2D eigenvalue weighted by Crippen LogP contribution is 2.24. The number of halogens is 2. The van der Waals surface area contributed by atoms with Gasteiger partial charge in [0.2, 0.25) is 0 Å². The van der Waals surface area contributed by atoms with Crippen molar-refractivity contribution in [3.05, 3.63) is 29.0 Å². The normalized spacial score (nSPS) is 19.1. The fourth-order valence-corrected chi connectivity index (χ4v) is 1.84. The van der Waals surface area contributed by atoms with E-state index in [-0.39, 0.29) is 16.8 Å². The molecule has 2 N–H and O–H groups in total. The van der Waals surface area contributed by atoms with Crippen LogP contribution in [0.25, 0.3) is 0 Å². The molecule has 1 unspecified atom stereocenters. The van der Waals surface area contributed by atoms with E-state index in [2.05, 4.69) is 10.6 Å². The summed E-state index contributed by atoms with van der Waals surface area (Å²) in [4.78, 5) is 11.5. The SMILES string of the molecule is O=C(NC1CCNC1)Oc1ccc(F)cc1Cl. The maximum Gasteiger partial charge on any atom is 0.412 e. The summed E-state index contributed by atoms with van der Waals surface area (Å²) in [5.41, 5.74) is 0. The summed E-state index contributed by atoms with van der Waals surface area (Å²) in [5.74, 6) is -0.320. The van der Waals surface area contributed by atoms with Crippen molar-refractivity contribution in [3.8, 4) is 5.75 Å². The second-order valence-corrected chi connectivity index (χ2v) is 4.21. The molecule has 6 heteroatoms. The zero-order chi connectivity index (χ0) is 12.3. The average Bonchev–Trinajstić information content (AvgIpc) is 2.75. The first-order chi connectivity index (χ1) is 8.15. The molecule has 1 atom stereocenters. The molecule has 17 heavy (non-hydrogen) atoms. The maximum atomic E-state index is 12.8. The van der Waals surface area contributed by atoms with E-state index in [4.69, 9.17) is 16.3 Å². The molecular weight excluding hydrogens is 247 g/mol. The number of carbonyl (C=O) groups excluding carboxylic acids is 1. The van der Waals surface area contributed by atoms with Gasteiger partial charge in [-0.15, -0.1) is 0 Å². The minimum absolute atomic E-state index is 0.0710. The van der Waals surface area contributed by atoms with Crippen LogP contribution in [0.5, 0.6) is 5.75 Å². The zero-order valence-electron chi connectivity index (χ0n) is 9.00. The van der Waals surface area contributed by atoms with Crippen LogP contribution in [0.15, 0.2) is 18.2 Å². The fraction of sp³-hybridized carbons (Fsp3) is 0.364. The number of carbonyl (C=O) groups is 1. The number of hydrogen-bond acceptors (Lipinski definition) is 3. The fourth-order valence-electron chi connectivity index (χ4n) is 1.63. The van der Waals surface area contributed by atoms with Gasteiger partial charge in [-0.3, -0.25) is 0 Å². The molecule has 1 aromatic carbocycles. The van der Waals surface area contributed by atoms with Gasteiger partial charge in [-0.05, 0) is 31.2 Å². The topological polar surface area (TPSA) is 50.4 Å². The Morgan fingerprint density at radius 1 is 1.59 bits per heavy atom. The molecule has 0 aromatic heterocycles. The van der Waals surface area contributed by atoms with E-state index in [1.807, 2.05) is 0 Å². The molecular formula is C11H12ClFN2O2. The molecule has 1 aliphatic rings. The third-order valence-electron chi connectivity index (χ3n) is 2.48. The van der Waals surface area contributed by atoms with Gasteiger partial charge in [-0.1, -0.05) is 11.6 Å². The molecule has 0 spiro atoms. The third kappa shape index (κ3) is 3.31. The summed E-state index contributed by atoms with van der Waals surface area (Å²) in [5, 5.41) is 5.88. The van der Waals surface area contributed by atoms with Gasteiger partial charge in [0.05, 0.1) is 5.02 Å². The predicted octanol–water partition coefficient (Wildman–Crippen LogP) is 1.93. The van der Waals surface area contributed by atoms with E-state index in [0.717, 1.165) is 25.6 Å². The largest absolute Gasteiger partial charge is 0.412 e. The van der Waals surface area contributed by atoms with Crippen LogP contribution < -0.4 is 15.4 Å². The molecule has 1 heterocycles. The van der Waals surface area contributed by atoms with Gasteiger partial charge >= 0.3 is 6.09 Å². The summed E-state index contributed by atoms with van der Waals surface area (Å²) in [6.45, 7) is 1.61. The van der Waals surface area contributed by atoms with E-state index in [9.17, 15) is 9.18 Å². The highest BCUT2D eigenvalue weighted by Gasteiger charge is 2.18. The Balaban J connectivity index is 1.93. The molecule has 4 nitrogen and oxygen atoms in total. The number of ether oxygens (including phenoxy) is 1. The molecule has 0 aliphatic carbocycles. The molecule has 2 rings (SSSR count). The minimum Gasteiger partial charge on any atom is -0.409 e. The van der Waals surface area contributed by atoms with Crippen molar-refractivity contribution in [2.75, 3.05) is 13.1 Å². The van der Waals surface area contributed by atoms with Gasteiger partial charge in [0.25, 0.3) is 0 Å². The van der Waals surface area contributed by atoms with Gasteiger partial charge in [0.1, 0.15) is 5.82 Å². The molecule has 0 bridgehead atoms. The van der Waals surface area contributed by atoms with Crippen LogP contribution in [-0.4, -0.2) is 25.2 Å². The van der Waals surface area contributed by atoms with Crippen molar-refractivity contribution in [1.29, 1.82) is 0 Å². The Morgan fingerprint density at radius 2 is 2.41 bits per heavy atom. The van der Waals surface area contributed by atoms with Gasteiger partial charge < -0.3 is 15.4 Å². The Kier molecular flexibility index (Phi) is 3.81. The molecule has 92 valence electrons. The number of amides is 1. The second-order valence-electron chi connectivity index (χ2n) is 3.80. The highest BCUT2D eigenvalue weighted by molar-refractivity contribution is 6.32. The number of benzene rings is 1. The highest BCUT2D eigenvalue weighted by atomic mass is 35.5. The lowest BCUT2D eigenvalue weighted by molar-refractivity contribution is 0.197. The third-order valence-corrected chi connectivity index (χ3v) is 2.77. The van der Waals surface area contributed by atoms with Crippen LogP contribution >= 0.6 is 11.6 Å². The number of rotatable bonds is 2. The average molecular weight is 259 g/mol. The standard InChI is InChI=1S/C11H12ClFN2O2/c12-9-5-7(13)1-2-10(9)17-11(16)15-8-3-4-14-6-8/h1-2,5,8,14H,3-4,6H2,(H,15,16).